The number of carbonyl (C=O) groups is 2. The van der Waals surface area contributed by atoms with Crippen molar-refractivity contribution < 1.29 is 9.59 Å². The summed E-state index contributed by atoms with van der Waals surface area (Å²) in [6.45, 7) is 4.31. The molecule has 0 fully saturated rings. The van der Waals surface area contributed by atoms with E-state index in [0.29, 0.717) is 24.3 Å². The van der Waals surface area contributed by atoms with Crippen LogP contribution in [0.2, 0.25) is 0 Å². The lowest BCUT2D eigenvalue weighted by Gasteiger charge is -2.23. The maximum Gasteiger partial charge on any atom is 0.229 e. The van der Waals surface area contributed by atoms with Gasteiger partial charge in [-0.1, -0.05) is 36.8 Å². The van der Waals surface area contributed by atoms with Crippen molar-refractivity contribution in [2.24, 2.45) is 5.92 Å². The Morgan fingerprint density at radius 2 is 2.00 bits per heavy atom. The second-order valence-corrected chi connectivity index (χ2v) is 6.98. The van der Waals surface area contributed by atoms with E-state index in [1.807, 2.05) is 6.92 Å². The molecule has 1 aliphatic heterocycles. The number of unbranched alkanes of at least 4 members (excludes halogenated alkanes) is 1. The first-order valence-electron chi connectivity index (χ1n) is 9.15. The van der Waals surface area contributed by atoms with Gasteiger partial charge in [0.25, 0.3) is 0 Å². The Bertz CT molecular complexity index is 786. The van der Waals surface area contributed by atoms with Crippen LogP contribution in [0.3, 0.4) is 0 Å². The molecule has 0 saturated carbocycles. The molecule has 1 aromatic heterocycles. The zero-order valence-electron chi connectivity index (χ0n) is 15.4. The van der Waals surface area contributed by atoms with Crippen LogP contribution in [-0.4, -0.2) is 23.3 Å². The molecule has 0 saturated heterocycles. The number of benzene rings is 1. The highest BCUT2D eigenvalue weighted by Gasteiger charge is 2.28. The lowest BCUT2D eigenvalue weighted by Crippen LogP contribution is -2.35. The molecule has 0 bridgehead atoms. The topological polar surface area (TPSA) is 62.3 Å². The largest absolute Gasteiger partial charge is 0.324 e. The summed E-state index contributed by atoms with van der Waals surface area (Å²) in [6.07, 6.45) is 6.52. The van der Waals surface area contributed by atoms with E-state index in [4.69, 9.17) is 0 Å². The smallest absolute Gasteiger partial charge is 0.229 e. The fraction of sp³-hybridized carbons (Fsp3) is 0.381. The van der Waals surface area contributed by atoms with Crippen molar-refractivity contribution in [2.75, 3.05) is 16.8 Å². The molecule has 1 unspecified atom stereocenters. The summed E-state index contributed by atoms with van der Waals surface area (Å²) in [5.41, 5.74) is 3.90. The molecule has 2 aromatic rings. The second-order valence-electron chi connectivity index (χ2n) is 6.98. The van der Waals surface area contributed by atoms with Crippen LogP contribution in [0.4, 0.5) is 11.4 Å². The highest BCUT2D eigenvalue weighted by molar-refractivity contribution is 6.04. The zero-order chi connectivity index (χ0) is 18.5. The van der Waals surface area contributed by atoms with Crippen LogP contribution >= 0.6 is 0 Å². The van der Waals surface area contributed by atoms with Crippen LogP contribution < -0.4 is 10.2 Å². The summed E-state index contributed by atoms with van der Waals surface area (Å²) in [5.74, 6) is -0.266. The SMILES string of the molecule is Cc1ccc(CCCCC(=O)N2CC(C)C(=O)Nc3ccncc32)cc1. The number of fused-ring (bicyclic) bond motifs is 1. The van der Waals surface area contributed by atoms with E-state index in [9.17, 15) is 9.59 Å². The quantitative estimate of drug-likeness (QED) is 0.835. The number of pyridine rings is 1. The molecule has 5 nitrogen and oxygen atoms in total. The summed E-state index contributed by atoms with van der Waals surface area (Å²) in [5, 5.41) is 2.88. The molecule has 1 atom stereocenters. The molecule has 136 valence electrons. The zero-order valence-corrected chi connectivity index (χ0v) is 15.4. The normalized spacial score (nSPS) is 16.6. The van der Waals surface area contributed by atoms with Crippen molar-refractivity contribution in [2.45, 2.75) is 39.5 Å². The lowest BCUT2D eigenvalue weighted by atomic mass is 10.0. The molecule has 2 heterocycles. The van der Waals surface area contributed by atoms with Crippen LogP contribution in [0, 0.1) is 12.8 Å². The van der Waals surface area contributed by atoms with Gasteiger partial charge in [-0.05, 0) is 37.8 Å². The van der Waals surface area contributed by atoms with Gasteiger partial charge in [0.15, 0.2) is 0 Å². The van der Waals surface area contributed by atoms with Crippen LogP contribution in [-0.2, 0) is 16.0 Å². The fourth-order valence-electron chi connectivity index (χ4n) is 3.15. The van der Waals surface area contributed by atoms with Gasteiger partial charge in [-0.15, -0.1) is 0 Å². The number of rotatable bonds is 5. The summed E-state index contributed by atoms with van der Waals surface area (Å²) in [6, 6.07) is 10.3. The Morgan fingerprint density at radius 3 is 2.77 bits per heavy atom. The van der Waals surface area contributed by atoms with Crippen molar-refractivity contribution in [3.8, 4) is 0 Å². The van der Waals surface area contributed by atoms with Gasteiger partial charge in [0.05, 0.1) is 23.5 Å². The van der Waals surface area contributed by atoms with Crippen molar-refractivity contribution >= 4 is 23.2 Å². The minimum Gasteiger partial charge on any atom is -0.324 e. The summed E-state index contributed by atoms with van der Waals surface area (Å²) in [4.78, 5) is 30.7. The lowest BCUT2D eigenvalue weighted by molar-refractivity contribution is -0.120. The van der Waals surface area contributed by atoms with Gasteiger partial charge in [-0.25, -0.2) is 0 Å². The maximum atomic E-state index is 12.8. The van der Waals surface area contributed by atoms with Crippen molar-refractivity contribution in [1.82, 2.24) is 4.98 Å². The molecule has 3 rings (SSSR count). The van der Waals surface area contributed by atoms with Crippen LogP contribution in [0.25, 0.3) is 0 Å². The average molecular weight is 351 g/mol. The molecule has 1 N–H and O–H groups in total. The summed E-state index contributed by atoms with van der Waals surface area (Å²) < 4.78 is 0. The van der Waals surface area contributed by atoms with Gasteiger partial charge in [-0.2, -0.15) is 0 Å². The molecule has 2 amide bonds. The molecule has 1 aromatic carbocycles. The number of aromatic nitrogens is 1. The molecule has 26 heavy (non-hydrogen) atoms. The monoisotopic (exact) mass is 351 g/mol. The molecule has 5 heteroatoms. The van der Waals surface area contributed by atoms with Gasteiger partial charge >= 0.3 is 0 Å². The molecule has 0 spiro atoms. The molecular weight excluding hydrogens is 326 g/mol. The van der Waals surface area contributed by atoms with E-state index in [1.54, 1.807) is 23.4 Å². The van der Waals surface area contributed by atoms with E-state index >= 15 is 0 Å². The van der Waals surface area contributed by atoms with Crippen molar-refractivity contribution in [1.29, 1.82) is 0 Å². The van der Waals surface area contributed by atoms with Gasteiger partial charge < -0.3 is 10.2 Å². The summed E-state index contributed by atoms with van der Waals surface area (Å²) in [7, 11) is 0. The molecular formula is C21H25N3O2. The number of amides is 2. The number of anilines is 2. The molecule has 0 aliphatic carbocycles. The Balaban J connectivity index is 1.59. The van der Waals surface area contributed by atoms with Gasteiger partial charge in [0.1, 0.15) is 0 Å². The van der Waals surface area contributed by atoms with Crippen molar-refractivity contribution in [3.63, 3.8) is 0 Å². The van der Waals surface area contributed by atoms with Gasteiger partial charge in [0.2, 0.25) is 11.8 Å². The van der Waals surface area contributed by atoms with E-state index in [2.05, 4.69) is 41.5 Å². The second kappa shape index (κ2) is 8.13. The van der Waals surface area contributed by atoms with Crippen LogP contribution in [0.15, 0.2) is 42.7 Å². The first-order chi connectivity index (χ1) is 12.5. The van der Waals surface area contributed by atoms with Crippen LogP contribution in [0.1, 0.15) is 37.3 Å². The van der Waals surface area contributed by atoms with E-state index < -0.39 is 0 Å². The Hall–Kier alpha value is -2.69. The first-order valence-corrected chi connectivity index (χ1v) is 9.15. The summed E-state index contributed by atoms with van der Waals surface area (Å²) >= 11 is 0. The van der Waals surface area contributed by atoms with Gasteiger partial charge in [0, 0.05) is 19.2 Å². The van der Waals surface area contributed by atoms with Crippen LogP contribution in [0.5, 0.6) is 0 Å². The fourth-order valence-corrected chi connectivity index (χ4v) is 3.15. The van der Waals surface area contributed by atoms with E-state index in [-0.39, 0.29) is 17.7 Å². The van der Waals surface area contributed by atoms with Gasteiger partial charge in [-0.3, -0.25) is 14.6 Å². The third kappa shape index (κ3) is 4.28. The van der Waals surface area contributed by atoms with E-state index in [1.165, 1.54) is 11.1 Å². The Labute approximate surface area is 154 Å². The Morgan fingerprint density at radius 1 is 1.23 bits per heavy atom. The predicted molar refractivity (Wildman–Crippen MR) is 103 cm³/mol. The molecule has 1 aliphatic rings. The third-order valence-electron chi connectivity index (χ3n) is 4.78. The number of nitrogens with zero attached hydrogens (tertiary/aromatic N) is 2. The predicted octanol–water partition coefficient (Wildman–Crippen LogP) is 3.72. The molecule has 0 radical (unpaired) electrons. The third-order valence-corrected chi connectivity index (χ3v) is 4.78. The standard InChI is InChI=1S/C21H25N3O2/c1-15-7-9-17(10-8-15)5-3-4-6-20(25)24-14-16(2)21(26)23-18-11-12-22-13-19(18)24/h7-13,16H,3-6,14H2,1-2H3,(H,23,26). The van der Waals surface area contributed by atoms with Crippen molar-refractivity contribution in [3.05, 3.63) is 53.9 Å². The number of carbonyl (C=O) groups excluding carboxylic acids is 2. The Kier molecular flexibility index (Phi) is 5.66. The average Bonchev–Trinajstić information content (AvgIpc) is 2.77. The first kappa shape index (κ1) is 18.1. The highest BCUT2D eigenvalue weighted by Crippen LogP contribution is 2.29. The highest BCUT2D eigenvalue weighted by atomic mass is 16.2. The number of aryl methyl sites for hydroxylation is 2. The maximum absolute atomic E-state index is 12.8. The number of hydrogen-bond donors (Lipinski definition) is 1. The minimum absolute atomic E-state index is 0.0477. The number of nitrogens with one attached hydrogen (secondary N) is 1. The number of hydrogen-bond acceptors (Lipinski definition) is 3. The minimum atomic E-state index is -0.251. The van der Waals surface area contributed by atoms with E-state index in [0.717, 1.165) is 19.3 Å².